The van der Waals surface area contributed by atoms with E-state index in [0.29, 0.717) is 17.9 Å². The second-order valence-corrected chi connectivity index (χ2v) is 6.33. The molecule has 2 rings (SSSR count). The number of alkyl halides is 1. The van der Waals surface area contributed by atoms with E-state index in [4.69, 9.17) is 27.9 Å². The maximum atomic E-state index is 6.61. The van der Waals surface area contributed by atoms with Crippen LogP contribution in [0.2, 0.25) is 5.02 Å². The molecule has 1 fully saturated rings. The molecule has 0 amide bonds. The minimum Gasteiger partial charge on any atom is -0.375 e. The van der Waals surface area contributed by atoms with Crippen LogP contribution < -0.4 is 0 Å². The molecule has 0 saturated carbocycles. The molecule has 1 aromatic rings. The number of halogens is 2. The molecule has 3 heteroatoms. The Labute approximate surface area is 119 Å². The van der Waals surface area contributed by atoms with Crippen molar-refractivity contribution in [1.29, 1.82) is 0 Å². The van der Waals surface area contributed by atoms with Gasteiger partial charge in [0, 0.05) is 16.3 Å². The molecule has 1 aliphatic heterocycles. The molecule has 5 atom stereocenters. The predicted molar refractivity (Wildman–Crippen MR) is 77.5 cm³/mol. The summed E-state index contributed by atoms with van der Waals surface area (Å²) in [6.07, 6.45) is 1.37. The van der Waals surface area contributed by atoms with Crippen LogP contribution in [0.15, 0.2) is 24.3 Å². The lowest BCUT2D eigenvalue weighted by atomic mass is 9.84. The van der Waals surface area contributed by atoms with Crippen LogP contribution in [-0.2, 0) is 11.2 Å². The van der Waals surface area contributed by atoms with Gasteiger partial charge in [-0.25, -0.2) is 0 Å². The van der Waals surface area contributed by atoms with E-state index in [1.807, 2.05) is 18.2 Å². The highest BCUT2D eigenvalue weighted by molar-refractivity contribution is 6.30. The lowest BCUT2D eigenvalue weighted by Crippen LogP contribution is -2.28. The van der Waals surface area contributed by atoms with E-state index in [-0.39, 0.29) is 11.5 Å². The third kappa shape index (κ3) is 3.01. The first-order valence-corrected chi connectivity index (χ1v) is 7.34. The number of hydrogen-bond donors (Lipinski definition) is 0. The van der Waals surface area contributed by atoms with Crippen LogP contribution in [0.3, 0.4) is 0 Å². The van der Waals surface area contributed by atoms with E-state index in [1.165, 1.54) is 5.56 Å². The SMILES string of the molecule is CC1OC(C)C(C(Cl)Cc2cccc(Cl)c2)C1C. The molecule has 0 radical (unpaired) electrons. The average molecular weight is 287 g/mol. The summed E-state index contributed by atoms with van der Waals surface area (Å²) in [5.41, 5.74) is 1.20. The number of rotatable bonds is 3. The van der Waals surface area contributed by atoms with Gasteiger partial charge in [0.2, 0.25) is 0 Å². The molecule has 1 aromatic carbocycles. The van der Waals surface area contributed by atoms with Gasteiger partial charge in [-0.3, -0.25) is 0 Å². The average Bonchev–Trinajstić information content (AvgIpc) is 2.53. The molecule has 1 aliphatic rings. The lowest BCUT2D eigenvalue weighted by molar-refractivity contribution is 0.0508. The molecular formula is C15H20Cl2O. The first-order valence-electron chi connectivity index (χ1n) is 6.53. The van der Waals surface area contributed by atoms with Gasteiger partial charge in [-0.2, -0.15) is 0 Å². The van der Waals surface area contributed by atoms with Crippen LogP contribution >= 0.6 is 23.2 Å². The quantitative estimate of drug-likeness (QED) is 0.741. The van der Waals surface area contributed by atoms with Gasteiger partial charge in [0.1, 0.15) is 0 Å². The van der Waals surface area contributed by atoms with E-state index in [1.54, 1.807) is 0 Å². The monoisotopic (exact) mass is 286 g/mol. The molecule has 0 N–H and O–H groups in total. The summed E-state index contributed by atoms with van der Waals surface area (Å²) in [5.74, 6) is 0.905. The van der Waals surface area contributed by atoms with Crippen molar-refractivity contribution >= 4 is 23.2 Å². The van der Waals surface area contributed by atoms with Crippen molar-refractivity contribution in [3.8, 4) is 0 Å². The van der Waals surface area contributed by atoms with Crippen LogP contribution in [0, 0.1) is 11.8 Å². The van der Waals surface area contributed by atoms with Crippen molar-refractivity contribution in [2.75, 3.05) is 0 Å². The summed E-state index contributed by atoms with van der Waals surface area (Å²) in [6, 6.07) is 7.93. The van der Waals surface area contributed by atoms with Crippen molar-refractivity contribution in [2.24, 2.45) is 11.8 Å². The fraction of sp³-hybridized carbons (Fsp3) is 0.600. The Bertz CT molecular complexity index is 407. The fourth-order valence-electron chi connectivity index (χ4n) is 2.94. The van der Waals surface area contributed by atoms with Gasteiger partial charge in [-0.15, -0.1) is 11.6 Å². The van der Waals surface area contributed by atoms with Crippen LogP contribution in [0.4, 0.5) is 0 Å². The Morgan fingerprint density at radius 2 is 1.94 bits per heavy atom. The smallest absolute Gasteiger partial charge is 0.0596 e. The molecule has 1 saturated heterocycles. The minimum absolute atomic E-state index is 0.0958. The van der Waals surface area contributed by atoms with Gasteiger partial charge in [0.05, 0.1) is 12.2 Å². The molecule has 0 aliphatic carbocycles. The van der Waals surface area contributed by atoms with Crippen molar-refractivity contribution in [2.45, 2.75) is 44.8 Å². The van der Waals surface area contributed by atoms with Crippen molar-refractivity contribution in [3.63, 3.8) is 0 Å². The molecule has 100 valence electrons. The van der Waals surface area contributed by atoms with E-state index >= 15 is 0 Å². The molecule has 0 bridgehead atoms. The van der Waals surface area contributed by atoms with E-state index < -0.39 is 0 Å². The first-order chi connectivity index (χ1) is 8.49. The first kappa shape index (κ1) is 14.2. The predicted octanol–water partition coefficient (Wildman–Crippen LogP) is 4.55. The summed E-state index contributed by atoms with van der Waals surface area (Å²) >= 11 is 12.6. The van der Waals surface area contributed by atoms with Crippen molar-refractivity contribution in [1.82, 2.24) is 0 Å². The maximum Gasteiger partial charge on any atom is 0.0596 e. The van der Waals surface area contributed by atoms with Gasteiger partial charge >= 0.3 is 0 Å². The van der Waals surface area contributed by atoms with Gasteiger partial charge in [0.25, 0.3) is 0 Å². The Balaban J connectivity index is 2.06. The fourth-order valence-corrected chi connectivity index (χ4v) is 3.77. The Morgan fingerprint density at radius 3 is 2.50 bits per heavy atom. The largest absolute Gasteiger partial charge is 0.375 e. The van der Waals surface area contributed by atoms with Gasteiger partial charge in [0.15, 0.2) is 0 Å². The second-order valence-electron chi connectivity index (χ2n) is 5.33. The maximum absolute atomic E-state index is 6.61. The topological polar surface area (TPSA) is 9.23 Å². The third-order valence-corrected chi connectivity index (χ3v) is 4.74. The highest BCUT2D eigenvalue weighted by atomic mass is 35.5. The molecule has 0 aromatic heterocycles. The third-order valence-electron chi connectivity index (χ3n) is 4.06. The Morgan fingerprint density at radius 1 is 1.22 bits per heavy atom. The van der Waals surface area contributed by atoms with Crippen molar-refractivity contribution < 1.29 is 4.74 Å². The zero-order valence-electron chi connectivity index (χ0n) is 11.1. The van der Waals surface area contributed by atoms with E-state index in [9.17, 15) is 0 Å². The standard InChI is InChI=1S/C15H20Cl2O/c1-9-10(2)18-11(3)15(9)14(17)8-12-5-4-6-13(16)7-12/h4-7,9-11,14-15H,8H2,1-3H3. The number of benzene rings is 1. The Kier molecular flexibility index (Phi) is 4.58. The van der Waals surface area contributed by atoms with Gasteiger partial charge in [-0.05, 0) is 43.9 Å². The summed E-state index contributed by atoms with van der Waals surface area (Å²) in [7, 11) is 0. The normalized spacial score (nSPS) is 33.6. The summed E-state index contributed by atoms with van der Waals surface area (Å²) in [4.78, 5) is 0. The molecule has 1 heterocycles. The van der Waals surface area contributed by atoms with Crippen LogP contribution in [0.5, 0.6) is 0 Å². The molecule has 5 unspecified atom stereocenters. The number of hydrogen-bond acceptors (Lipinski definition) is 1. The highest BCUT2D eigenvalue weighted by Crippen LogP contribution is 2.37. The summed E-state index contributed by atoms with van der Waals surface area (Å²) < 4.78 is 5.86. The summed E-state index contributed by atoms with van der Waals surface area (Å²) in [5, 5.41) is 0.868. The van der Waals surface area contributed by atoms with E-state index in [0.717, 1.165) is 11.4 Å². The molecular weight excluding hydrogens is 267 g/mol. The number of ether oxygens (including phenoxy) is 1. The van der Waals surface area contributed by atoms with Crippen molar-refractivity contribution in [3.05, 3.63) is 34.9 Å². The van der Waals surface area contributed by atoms with Gasteiger partial charge < -0.3 is 4.74 Å². The molecule has 1 nitrogen and oxygen atoms in total. The van der Waals surface area contributed by atoms with Crippen LogP contribution in [-0.4, -0.2) is 17.6 Å². The molecule has 0 spiro atoms. The Hall–Kier alpha value is -0.240. The van der Waals surface area contributed by atoms with Crippen LogP contribution in [0.25, 0.3) is 0 Å². The summed E-state index contributed by atoms with van der Waals surface area (Å²) in [6.45, 7) is 6.48. The molecule has 18 heavy (non-hydrogen) atoms. The van der Waals surface area contributed by atoms with Crippen LogP contribution in [0.1, 0.15) is 26.3 Å². The highest BCUT2D eigenvalue weighted by Gasteiger charge is 2.40. The second kappa shape index (κ2) is 5.81. The van der Waals surface area contributed by atoms with E-state index in [2.05, 4.69) is 26.8 Å². The zero-order valence-corrected chi connectivity index (χ0v) is 12.6. The lowest BCUT2D eigenvalue weighted by Gasteiger charge is -2.24. The minimum atomic E-state index is 0.0958. The van der Waals surface area contributed by atoms with Gasteiger partial charge in [-0.1, -0.05) is 30.7 Å². The zero-order chi connectivity index (χ0) is 13.3.